The van der Waals surface area contributed by atoms with Gasteiger partial charge >= 0.3 is 0 Å². The predicted octanol–water partition coefficient (Wildman–Crippen LogP) is 1.28. The van der Waals surface area contributed by atoms with E-state index in [0.717, 1.165) is 37.9 Å². The highest BCUT2D eigenvalue weighted by molar-refractivity contribution is 5.23. The molecule has 0 aliphatic carbocycles. The monoisotopic (exact) mass is 316 g/mol. The van der Waals surface area contributed by atoms with Crippen LogP contribution in [0.25, 0.3) is 0 Å². The summed E-state index contributed by atoms with van der Waals surface area (Å²) in [6, 6.07) is 1.75. The van der Waals surface area contributed by atoms with E-state index in [1.165, 1.54) is 4.90 Å². The van der Waals surface area contributed by atoms with E-state index in [1.807, 2.05) is 0 Å². The fourth-order valence-electron chi connectivity index (χ4n) is 3.30. The number of halogens is 3. The normalized spacial score (nSPS) is 26.5. The molecule has 7 heteroatoms. The number of nitrogens with one attached hydrogen (secondary N) is 1. The molecule has 3 rings (SSSR count). The Balaban J connectivity index is 1.68. The predicted molar refractivity (Wildman–Crippen MR) is 73.4 cm³/mol. The molecule has 1 aromatic carbocycles. The van der Waals surface area contributed by atoms with Crippen molar-refractivity contribution in [2.24, 2.45) is 0 Å². The first-order valence-electron chi connectivity index (χ1n) is 7.44. The number of benzene rings is 1. The fraction of sp³-hybridized carbons (Fsp3) is 0.600. The molecule has 3 N–H and O–H groups in total. The fourth-order valence-corrected chi connectivity index (χ4v) is 3.30. The third-order valence-electron chi connectivity index (χ3n) is 4.60. The van der Waals surface area contributed by atoms with Gasteiger partial charge in [-0.1, -0.05) is 6.42 Å². The Morgan fingerprint density at radius 3 is 2.55 bits per heavy atom. The summed E-state index contributed by atoms with van der Waals surface area (Å²) >= 11 is 0. The average Bonchev–Trinajstić information content (AvgIpc) is 2.50. The number of β-amino-alcohol motifs (C(OH)–C–C–N with tert-alkyl or cyclic N) is 1. The first-order chi connectivity index (χ1) is 10.4. The van der Waals surface area contributed by atoms with Gasteiger partial charge in [-0.25, -0.2) is 13.2 Å². The number of aliphatic hydroxyl groups excluding tert-OH is 1. The average molecular weight is 316 g/mol. The number of rotatable bonds is 3. The molecule has 2 aliphatic heterocycles. The Hall–Kier alpha value is -1.15. The second kappa shape index (κ2) is 5.81. The van der Waals surface area contributed by atoms with Gasteiger partial charge in [0.05, 0.1) is 0 Å². The van der Waals surface area contributed by atoms with Gasteiger partial charge in [0, 0.05) is 24.7 Å². The van der Waals surface area contributed by atoms with Crippen molar-refractivity contribution in [3.63, 3.8) is 0 Å². The SMILES string of the molecule is OC(c1ccc(F)c(F)c1F)N1CC(O)([C@@H]2CCCCN2)C1. The standard InChI is InChI=1S/C15H19F3N2O2/c16-10-5-4-9(12(17)13(10)18)14(21)20-7-15(22,8-20)11-3-1-2-6-19-11/h4-5,11,14,19,21-22H,1-3,6-8H2/t11-,14?/m0/s1. The molecule has 0 spiro atoms. The Bertz CT molecular complexity index is 558. The highest BCUT2D eigenvalue weighted by Gasteiger charge is 2.49. The van der Waals surface area contributed by atoms with Crippen LogP contribution in [0.15, 0.2) is 12.1 Å². The molecule has 4 nitrogen and oxygen atoms in total. The maximum Gasteiger partial charge on any atom is 0.194 e. The van der Waals surface area contributed by atoms with Gasteiger partial charge in [0.25, 0.3) is 0 Å². The van der Waals surface area contributed by atoms with E-state index < -0.39 is 29.3 Å². The van der Waals surface area contributed by atoms with Crippen molar-refractivity contribution in [3.05, 3.63) is 35.1 Å². The molecule has 1 unspecified atom stereocenters. The minimum atomic E-state index is -1.60. The van der Waals surface area contributed by atoms with Crippen LogP contribution in [0, 0.1) is 17.5 Å². The molecule has 0 bridgehead atoms. The number of aliphatic hydroxyl groups is 2. The van der Waals surface area contributed by atoms with E-state index in [1.54, 1.807) is 0 Å². The summed E-state index contributed by atoms with van der Waals surface area (Å²) in [6.45, 7) is 1.15. The van der Waals surface area contributed by atoms with Gasteiger partial charge < -0.3 is 15.5 Å². The Morgan fingerprint density at radius 1 is 1.18 bits per heavy atom. The quantitative estimate of drug-likeness (QED) is 0.736. The van der Waals surface area contributed by atoms with Gasteiger partial charge in [-0.3, -0.25) is 4.90 Å². The van der Waals surface area contributed by atoms with Crippen LogP contribution in [0.5, 0.6) is 0 Å². The summed E-state index contributed by atoms with van der Waals surface area (Å²) in [4.78, 5) is 1.44. The van der Waals surface area contributed by atoms with E-state index in [0.29, 0.717) is 0 Å². The smallest absolute Gasteiger partial charge is 0.194 e. The molecular formula is C15H19F3N2O2. The van der Waals surface area contributed by atoms with E-state index in [9.17, 15) is 23.4 Å². The zero-order valence-electron chi connectivity index (χ0n) is 12.0. The third-order valence-corrected chi connectivity index (χ3v) is 4.60. The maximum absolute atomic E-state index is 13.7. The first kappa shape index (κ1) is 15.7. The van der Waals surface area contributed by atoms with Crippen molar-refractivity contribution in [1.29, 1.82) is 0 Å². The number of nitrogens with zero attached hydrogens (tertiary/aromatic N) is 1. The van der Waals surface area contributed by atoms with Crippen molar-refractivity contribution in [2.75, 3.05) is 19.6 Å². The second-order valence-corrected chi connectivity index (χ2v) is 6.15. The Morgan fingerprint density at radius 2 is 1.91 bits per heavy atom. The highest BCUT2D eigenvalue weighted by Crippen LogP contribution is 2.35. The van der Waals surface area contributed by atoms with Gasteiger partial charge in [0.1, 0.15) is 11.8 Å². The molecule has 0 aromatic heterocycles. The van der Waals surface area contributed by atoms with Gasteiger partial charge in [0.2, 0.25) is 0 Å². The molecule has 0 radical (unpaired) electrons. The molecule has 1 aromatic rings. The summed E-state index contributed by atoms with van der Waals surface area (Å²) in [5.74, 6) is -4.28. The third kappa shape index (κ3) is 2.62. The van der Waals surface area contributed by atoms with Gasteiger partial charge in [-0.2, -0.15) is 0 Å². The molecule has 122 valence electrons. The molecule has 2 fully saturated rings. The van der Waals surface area contributed by atoms with E-state index >= 15 is 0 Å². The summed E-state index contributed by atoms with van der Waals surface area (Å²) in [5.41, 5.74) is -1.30. The number of hydrogen-bond donors (Lipinski definition) is 3. The topological polar surface area (TPSA) is 55.7 Å². The van der Waals surface area contributed by atoms with Crippen molar-refractivity contribution in [2.45, 2.75) is 37.1 Å². The Kier molecular flexibility index (Phi) is 4.15. The van der Waals surface area contributed by atoms with Crippen LogP contribution in [0.3, 0.4) is 0 Å². The Labute approximate surface area is 126 Å². The van der Waals surface area contributed by atoms with Crippen LogP contribution in [0.2, 0.25) is 0 Å². The van der Waals surface area contributed by atoms with Gasteiger partial charge in [-0.05, 0) is 31.5 Å². The molecule has 22 heavy (non-hydrogen) atoms. The maximum atomic E-state index is 13.7. The lowest BCUT2D eigenvalue weighted by Gasteiger charge is -2.53. The summed E-state index contributed by atoms with van der Waals surface area (Å²) < 4.78 is 39.9. The molecule has 0 saturated carbocycles. The lowest BCUT2D eigenvalue weighted by atomic mass is 9.81. The van der Waals surface area contributed by atoms with Crippen molar-refractivity contribution < 1.29 is 23.4 Å². The number of hydrogen-bond acceptors (Lipinski definition) is 4. The van der Waals surface area contributed by atoms with Crippen LogP contribution in [0.4, 0.5) is 13.2 Å². The minimum Gasteiger partial charge on any atom is -0.386 e. The van der Waals surface area contributed by atoms with E-state index in [4.69, 9.17) is 0 Å². The summed E-state index contributed by atoms with van der Waals surface area (Å²) in [6.07, 6.45) is 1.54. The van der Waals surface area contributed by atoms with E-state index in [-0.39, 0.29) is 24.7 Å². The summed E-state index contributed by atoms with van der Waals surface area (Å²) in [7, 11) is 0. The molecule has 2 heterocycles. The lowest BCUT2D eigenvalue weighted by Crippen LogP contribution is -2.71. The highest BCUT2D eigenvalue weighted by atomic mass is 19.2. The first-order valence-corrected chi connectivity index (χ1v) is 7.44. The van der Waals surface area contributed by atoms with Crippen LogP contribution in [-0.2, 0) is 0 Å². The van der Waals surface area contributed by atoms with Crippen molar-refractivity contribution in [3.8, 4) is 0 Å². The summed E-state index contributed by atoms with van der Waals surface area (Å²) in [5, 5.41) is 23.9. The minimum absolute atomic E-state index is 0.0560. The lowest BCUT2D eigenvalue weighted by molar-refractivity contribution is -0.179. The van der Waals surface area contributed by atoms with Gasteiger partial charge in [0.15, 0.2) is 17.5 Å². The van der Waals surface area contributed by atoms with Gasteiger partial charge in [-0.15, -0.1) is 0 Å². The van der Waals surface area contributed by atoms with E-state index in [2.05, 4.69) is 5.32 Å². The van der Waals surface area contributed by atoms with Crippen LogP contribution >= 0.6 is 0 Å². The molecule has 2 saturated heterocycles. The molecule has 2 aliphatic rings. The largest absolute Gasteiger partial charge is 0.386 e. The van der Waals surface area contributed by atoms with Crippen molar-refractivity contribution in [1.82, 2.24) is 10.2 Å². The molecular weight excluding hydrogens is 297 g/mol. The van der Waals surface area contributed by atoms with Crippen LogP contribution in [0.1, 0.15) is 31.1 Å². The zero-order chi connectivity index (χ0) is 15.9. The van der Waals surface area contributed by atoms with Crippen LogP contribution in [-0.4, -0.2) is 46.4 Å². The number of likely N-dealkylation sites (tertiary alicyclic amines) is 1. The van der Waals surface area contributed by atoms with Crippen LogP contribution < -0.4 is 5.32 Å². The zero-order valence-corrected chi connectivity index (χ0v) is 12.0. The number of piperidine rings is 1. The second-order valence-electron chi connectivity index (χ2n) is 6.15. The van der Waals surface area contributed by atoms with Crippen molar-refractivity contribution >= 4 is 0 Å². The molecule has 2 atom stereocenters. The molecule has 0 amide bonds.